The minimum Gasteiger partial charge on any atom is -0.508 e. The Hall–Kier alpha value is -2.97. The quantitative estimate of drug-likeness (QED) is 0.519. The number of alkyl carbamates (subject to hydrolysis) is 1. The van der Waals surface area contributed by atoms with Gasteiger partial charge in [-0.05, 0) is 50.6 Å². The molecule has 32 heavy (non-hydrogen) atoms. The number of halogens is 2. The third kappa shape index (κ3) is 7.32. The van der Waals surface area contributed by atoms with Crippen LogP contribution in [0.4, 0.5) is 10.5 Å². The number of aromatic hydroxyl groups is 1. The SMILES string of the molecule is COC(=O)[C@H](Cc1ccc(NC(=O)c2c(Cl)cc(O)cc2Cl)cc1)NC(=O)OC(C)(C)C. The fourth-order valence-electron chi connectivity index (χ4n) is 2.72. The van der Waals surface area contributed by atoms with Crippen LogP contribution in [0.5, 0.6) is 5.75 Å². The number of anilines is 1. The summed E-state index contributed by atoms with van der Waals surface area (Å²) in [4.78, 5) is 36.6. The van der Waals surface area contributed by atoms with Gasteiger partial charge in [-0.15, -0.1) is 0 Å². The molecule has 2 amide bonds. The molecule has 172 valence electrons. The van der Waals surface area contributed by atoms with E-state index in [1.54, 1.807) is 45.0 Å². The highest BCUT2D eigenvalue weighted by Crippen LogP contribution is 2.30. The van der Waals surface area contributed by atoms with Crippen LogP contribution < -0.4 is 10.6 Å². The van der Waals surface area contributed by atoms with Crippen LogP contribution in [0.1, 0.15) is 36.7 Å². The molecule has 0 aliphatic heterocycles. The van der Waals surface area contributed by atoms with Crippen molar-refractivity contribution < 1.29 is 29.0 Å². The topological polar surface area (TPSA) is 114 Å². The maximum atomic E-state index is 12.5. The number of hydrogen-bond donors (Lipinski definition) is 3. The van der Waals surface area contributed by atoms with Crippen molar-refractivity contribution in [2.45, 2.75) is 38.8 Å². The second-order valence-electron chi connectivity index (χ2n) is 7.86. The van der Waals surface area contributed by atoms with Gasteiger partial charge in [0.05, 0.1) is 22.7 Å². The molecule has 0 unspecified atom stereocenters. The van der Waals surface area contributed by atoms with Gasteiger partial charge in [0.25, 0.3) is 5.91 Å². The summed E-state index contributed by atoms with van der Waals surface area (Å²) in [7, 11) is 1.23. The second kappa shape index (κ2) is 10.6. The monoisotopic (exact) mass is 482 g/mol. The molecule has 0 spiro atoms. The van der Waals surface area contributed by atoms with E-state index in [1.165, 1.54) is 19.2 Å². The van der Waals surface area contributed by atoms with Crippen LogP contribution >= 0.6 is 23.2 Å². The number of phenols is 1. The predicted molar refractivity (Wildman–Crippen MR) is 121 cm³/mol. The van der Waals surface area contributed by atoms with Crippen molar-refractivity contribution in [3.63, 3.8) is 0 Å². The molecule has 2 aromatic rings. The minimum atomic E-state index is -0.954. The highest BCUT2D eigenvalue weighted by molar-refractivity contribution is 6.40. The summed E-state index contributed by atoms with van der Waals surface area (Å²) < 4.78 is 9.95. The van der Waals surface area contributed by atoms with E-state index in [4.69, 9.17) is 32.7 Å². The van der Waals surface area contributed by atoms with E-state index in [2.05, 4.69) is 10.6 Å². The lowest BCUT2D eigenvalue weighted by molar-refractivity contribution is -0.143. The van der Waals surface area contributed by atoms with Crippen LogP contribution in [0.15, 0.2) is 36.4 Å². The molecule has 0 aliphatic rings. The Morgan fingerprint density at radius 3 is 2.12 bits per heavy atom. The lowest BCUT2D eigenvalue weighted by atomic mass is 10.1. The van der Waals surface area contributed by atoms with Gasteiger partial charge in [-0.3, -0.25) is 4.79 Å². The molecule has 0 bridgehead atoms. The maximum absolute atomic E-state index is 12.5. The number of nitrogens with one attached hydrogen (secondary N) is 2. The number of ether oxygens (including phenoxy) is 2. The van der Waals surface area contributed by atoms with Gasteiger partial charge in [0.1, 0.15) is 17.4 Å². The van der Waals surface area contributed by atoms with Gasteiger partial charge in [0.15, 0.2) is 0 Å². The first kappa shape index (κ1) is 25.3. The summed E-state index contributed by atoms with van der Waals surface area (Å²) in [6, 6.07) is 8.09. The average Bonchev–Trinajstić information content (AvgIpc) is 2.66. The molecule has 0 fully saturated rings. The Bertz CT molecular complexity index is 979. The Kier molecular flexibility index (Phi) is 8.35. The third-order valence-corrected chi connectivity index (χ3v) is 4.68. The number of carbonyl (C=O) groups is 3. The van der Waals surface area contributed by atoms with Crippen LogP contribution in [0.2, 0.25) is 10.0 Å². The zero-order valence-corrected chi connectivity index (χ0v) is 19.5. The summed E-state index contributed by atoms with van der Waals surface area (Å²) in [5.74, 6) is -1.32. The Balaban J connectivity index is 2.09. The highest BCUT2D eigenvalue weighted by Gasteiger charge is 2.25. The number of phenolic OH excluding ortho intramolecular Hbond substituents is 1. The smallest absolute Gasteiger partial charge is 0.408 e. The summed E-state index contributed by atoms with van der Waals surface area (Å²) in [6.07, 6.45) is -0.588. The van der Waals surface area contributed by atoms with E-state index >= 15 is 0 Å². The molecular formula is C22H24Cl2N2O6. The number of esters is 1. The van der Waals surface area contributed by atoms with E-state index in [9.17, 15) is 19.5 Å². The van der Waals surface area contributed by atoms with Crippen LogP contribution in [-0.4, -0.2) is 41.8 Å². The fraction of sp³-hybridized carbons (Fsp3) is 0.318. The third-order valence-electron chi connectivity index (χ3n) is 4.08. The van der Waals surface area contributed by atoms with E-state index in [0.717, 1.165) is 0 Å². The van der Waals surface area contributed by atoms with Crippen LogP contribution in [0, 0.1) is 0 Å². The fourth-order valence-corrected chi connectivity index (χ4v) is 3.36. The van der Waals surface area contributed by atoms with Crippen LogP contribution in [0.25, 0.3) is 0 Å². The van der Waals surface area contributed by atoms with Crippen LogP contribution in [0.3, 0.4) is 0 Å². The summed E-state index contributed by atoms with van der Waals surface area (Å²) in [6.45, 7) is 5.14. The van der Waals surface area contributed by atoms with Crippen molar-refractivity contribution in [3.8, 4) is 5.75 Å². The molecule has 10 heteroatoms. The summed E-state index contributed by atoms with van der Waals surface area (Å²) in [5, 5.41) is 14.7. The first-order valence-electron chi connectivity index (χ1n) is 9.55. The molecule has 8 nitrogen and oxygen atoms in total. The predicted octanol–water partition coefficient (Wildman–Crippen LogP) is 4.56. The van der Waals surface area contributed by atoms with Gasteiger partial charge in [-0.2, -0.15) is 0 Å². The molecule has 3 N–H and O–H groups in total. The first-order chi connectivity index (χ1) is 14.9. The molecule has 0 radical (unpaired) electrons. The van der Waals surface area contributed by atoms with Crippen molar-refractivity contribution >= 4 is 46.9 Å². The average molecular weight is 483 g/mol. The van der Waals surface area contributed by atoms with Crippen LogP contribution in [-0.2, 0) is 20.7 Å². The second-order valence-corrected chi connectivity index (χ2v) is 8.68. The molecule has 2 rings (SSSR count). The number of methoxy groups -OCH3 is 1. The van der Waals surface area contributed by atoms with Crippen molar-refractivity contribution in [1.29, 1.82) is 0 Å². The molecule has 0 heterocycles. The minimum absolute atomic E-state index is 0.0123. The lowest BCUT2D eigenvalue weighted by Gasteiger charge is -2.22. The van der Waals surface area contributed by atoms with Gasteiger partial charge in [-0.25, -0.2) is 9.59 Å². The van der Waals surface area contributed by atoms with E-state index < -0.39 is 29.6 Å². The lowest BCUT2D eigenvalue weighted by Crippen LogP contribution is -2.45. The molecule has 2 aromatic carbocycles. The highest BCUT2D eigenvalue weighted by atomic mass is 35.5. The molecule has 0 saturated heterocycles. The number of benzene rings is 2. The largest absolute Gasteiger partial charge is 0.508 e. The van der Waals surface area contributed by atoms with Crippen molar-refractivity contribution in [2.75, 3.05) is 12.4 Å². The van der Waals surface area contributed by atoms with Gasteiger partial charge in [0, 0.05) is 12.1 Å². The van der Waals surface area contributed by atoms with Gasteiger partial charge in [0.2, 0.25) is 0 Å². The summed E-state index contributed by atoms with van der Waals surface area (Å²) >= 11 is 12.0. The molecule has 0 aliphatic carbocycles. The Morgan fingerprint density at radius 1 is 1.06 bits per heavy atom. The van der Waals surface area contributed by atoms with Gasteiger partial charge >= 0.3 is 12.1 Å². The number of hydrogen-bond acceptors (Lipinski definition) is 6. The van der Waals surface area contributed by atoms with Crippen molar-refractivity contribution in [3.05, 3.63) is 57.6 Å². The number of amides is 2. The van der Waals surface area contributed by atoms with Crippen molar-refractivity contribution in [1.82, 2.24) is 5.32 Å². The van der Waals surface area contributed by atoms with Gasteiger partial charge < -0.3 is 25.2 Å². The number of carbonyl (C=O) groups excluding carboxylic acids is 3. The standard InChI is InChI=1S/C22H24Cl2N2O6/c1-22(2,3)32-21(30)26-17(20(29)31-4)9-12-5-7-13(8-6-12)25-19(28)18-15(23)10-14(27)11-16(18)24/h5-8,10-11,17,27H,9H2,1-4H3,(H,25,28)(H,26,30)/t17-/m0/s1. The first-order valence-corrected chi connectivity index (χ1v) is 10.3. The normalized spacial score (nSPS) is 11.9. The van der Waals surface area contributed by atoms with E-state index in [-0.39, 0.29) is 27.8 Å². The molecule has 0 saturated carbocycles. The maximum Gasteiger partial charge on any atom is 0.408 e. The van der Waals surface area contributed by atoms with Crippen molar-refractivity contribution in [2.24, 2.45) is 0 Å². The van der Waals surface area contributed by atoms with E-state index in [1.807, 2.05) is 0 Å². The molecular weight excluding hydrogens is 459 g/mol. The Morgan fingerprint density at radius 2 is 1.62 bits per heavy atom. The zero-order chi connectivity index (χ0) is 24.1. The number of rotatable bonds is 6. The Labute approximate surface area is 195 Å². The molecule has 1 atom stereocenters. The van der Waals surface area contributed by atoms with Gasteiger partial charge in [-0.1, -0.05) is 35.3 Å². The zero-order valence-electron chi connectivity index (χ0n) is 18.0. The summed E-state index contributed by atoms with van der Waals surface area (Å²) in [5.41, 5.74) is 0.472. The van der Waals surface area contributed by atoms with E-state index in [0.29, 0.717) is 11.3 Å². The molecule has 0 aromatic heterocycles.